The van der Waals surface area contributed by atoms with E-state index in [1.807, 2.05) is 6.20 Å². The molecule has 0 aliphatic carbocycles. The Bertz CT molecular complexity index is 139. The van der Waals surface area contributed by atoms with Crippen LogP contribution in [0, 0.1) is 0 Å². The summed E-state index contributed by atoms with van der Waals surface area (Å²) in [7, 11) is 2.10. The van der Waals surface area contributed by atoms with Gasteiger partial charge in [-0.05, 0) is 6.32 Å². The van der Waals surface area contributed by atoms with E-state index in [1.54, 1.807) is 0 Å². The molecule has 0 aromatic carbocycles. The maximum Gasteiger partial charge on any atom is 0.109 e. The normalized spacial score (nSPS) is 17.0. The van der Waals surface area contributed by atoms with Crippen LogP contribution in [0.1, 0.15) is 0 Å². The molecule has 1 aliphatic heterocycles. The van der Waals surface area contributed by atoms with Gasteiger partial charge in [-0.25, -0.2) is 0 Å². The van der Waals surface area contributed by atoms with Gasteiger partial charge in [0.15, 0.2) is 0 Å². The van der Waals surface area contributed by atoms with Gasteiger partial charge >= 0.3 is 0 Å². The summed E-state index contributed by atoms with van der Waals surface area (Å²) < 4.78 is 0. The molecule has 8 heavy (non-hydrogen) atoms. The van der Waals surface area contributed by atoms with Gasteiger partial charge in [0.2, 0.25) is 0 Å². The lowest BCUT2D eigenvalue weighted by Gasteiger charge is -1.96. The van der Waals surface area contributed by atoms with Crippen molar-refractivity contribution in [3.8, 4) is 0 Å². The van der Waals surface area contributed by atoms with Crippen LogP contribution in [0.15, 0.2) is 24.3 Å². The average Bonchev–Trinajstić information content (AvgIpc) is 2.14. The minimum absolute atomic E-state index is 0.877. The second-order valence-corrected chi connectivity index (χ2v) is 1.77. The molecule has 0 unspecified atom stereocenters. The van der Waals surface area contributed by atoms with Crippen molar-refractivity contribution in [3.05, 3.63) is 24.3 Å². The van der Waals surface area contributed by atoms with Crippen LogP contribution in [0.5, 0.6) is 0 Å². The van der Waals surface area contributed by atoms with E-state index in [1.165, 1.54) is 5.70 Å². The molecule has 0 aromatic rings. The van der Waals surface area contributed by atoms with Crippen LogP contribution in [-0.4, -0.2) is 7.85 Å². The predicted molar refractivity (Wildman–Crippen MR) is 36.8 cm³/mol. The zero-order valence-corrected chi connectivity index (χ0v) is 4.99. The Balaban J connectivity index is 2.49. The van der Waals surface area contributed by atoms with Crippen LogP contribution in [0.2, 0.25) is 6.32 Å². The summed E-state index contributed by atoms with van der Waals surface area (Å²) in [4.78, 5) is 0. The molecular formula is C5H9BN2. The van der Waals surface area contributed by atoms with Gasteiger partial charge in [-0.2, -0.15) is 0 Å². The van der Waals surface area contributed by atoms with Crippen molar-refractivity contribution in [3.63, 3.8) is 0 Å². The molecule has 0 atom stereocenters. The van der Waals surface area contributed by atoms with Gasteiger partial charge in [0.25, 0.3) is 0 Å². The van der Waals surface area contributed by atoms with Gasteiger partial charge < -0.3 is 10.6 Å². The van der Waals surface area contributed by atoms with Crippen molar-refractivity contribution in [2.24, 2.45) is 0 Å². The van der Waals surface area contributed by atoms with Gasteiger partial charge in [-0.1, -0.05) is 6.58 Å². The first-order valence-electron chi connectivity index (χ1n) is 2.74. The van der Waals surface area contributed by atoms with Crippen LogP contribution in [-0.2, 0) is 0 Å². The molecule has 1 rings (SSSR count). The first kappa shape index (κ1) is 5.28. The molecular weight excluding hydrogens is 98.9 g/mol. The molecule has 0 fully saturated rings. The Morgan fingerprint density at radius 1 is 1.75 bits per heavy atom. The van der Waals surface area contributed by atoms with E-state index < -0.39 is 0 Å². The molecule has 1 heterocycles. The highest BCUT2D eigenvalue weighted by molar-refractivity contribution is 6.10. The van der Waals surface area contributed by atoms with Crippen molar-refractivity contribution >= 4 is 7.85 Å². The van der Waals surface area contributed by atoms with Crippen LogP contribution >= 0.6 is 0 Å². The van der Waals surface area contributed by atoms with Crippen LogP contribution in [0.3, 0.4) is 0 Å². The summed E-state index contributed by atoms with van der Waals surface area (Å²) >= 11 is 0. The Hall–Kier alpha value is -0.855. The minimum Gasteiger partial charge on any atom is -0.347 e. The highest BCUT2D eigenvalue weighted by atomic mass is 15.1. The van der Waals surface area contributed by atoms with Gasteiger partial charge in [0, 0.05) is 11.9 Å². The quantitative estimate of drug-likeness (QED) is 0.444. The molecule has 0 amide bonds. The lowest BCUT2D eigenvalue weighted by Crippen LogP contribution is -2.09. The number of allylic oxidation sites excluding steroid dienone is 1. The number of rotatable bonds is 1. The zero-order valence-electron chi connectivity index (χ0n) is 4.99. The summed E-state index contributed by atoms with van der Waals surface area (Å²) in [5.74, 6) is 0.877. The van der Waals surface area contributed by atoms with Gasteiger partial charge in [-0.3, -0.25) is 0 Å². The SMILES string of the molecule is BCC1=CNC(=C)N1. The number of hydrogen-bond donors (Lipinski definition) is 2. The lowest BCUT2D eigenvalue weighted by atomic mass is 10.0. The maximum absolute atomic E-state index is 3.68. The fourth-order valence-corrected chi connectivity index (χ4v) is 0.631. The summed E-state index contributed by atoms with van der Waals surface area (Å²) in [6, 6.07) is 0. The molecule has 0 saturated heterocycles. The van der Waals surface area contributed by atoms with Crippen molar-refractivity contribution in [2.45, 2.75) is 6.32 Å². The fourth-order valence-electron chi connectivity index (χ4n) is 0.631. The Labute approximate surface area is 50.1 Å². The van der Waals surface area contributed by atoms with Gasteiger partial charge in [0.1, 0.15) is 7.85 Å². The monoisotopic (exact) mass is 108 g/mol. The van der Waals surface area contributed by atoms with E-state index >= 15 is 0 Å². The lowest BCUT2D eigenvalue weighted by molar-refractivity contribution is 0.964. The van der Waals surface area contributed by atoms with E-state index in [9.17, 15) is 0 Å². The molecule has 42 valence electrons. The molecule has 3 heteroatoms. The second kappa shape index (κ2) is 1.94. The molecule has 0 radical (unpaired) electrons. The van der Waals surface area contributed by atoms with E-state index in [-0.39, 0.29) is 0 Å². The topological polar surface area (TPSA) is 24.1 Å². The van der Waals surface area contributed by atoms with E-state index in [0.717, 1.165) is 12.1 Å². The largest absolute Gasteiger partial charge is 0.347 e. The van der Waals surface area contributed by atoms with Crippen molar-refractivity contribution < 1.29 is 0 Å². The maximum atomic E-state index is 3.68. The molecule has 0 bridgehead atoms. The summed E-state index contributed by atoms with van der Waals surface area (Å²) in [5.41, 5.74) is 1.20. The average molecular weight is 108 g/mol. The third kappa shape index (κ3) is 0.859. The zero-order chi connectivity index (χ0) is 5.98. The Morgan fingerprint density at radius 3 is 2.75 bits per heavy atom. The molecule has 0 saturated carbocycles. The molecule has 0 spiro atoms. The van der Waals surface area contributed by atoms with Gasteiger partial charge in [0.05, 0.1) is 5.82 Å². The van der Waals surface area contributed by atoms with Gasteiger partial charge in [-0.15, -0.1) is 0 Å². The Kier molecular flexibility index (Phi) is 1.28. The first-order valence-corrected chi connectivity index (χ1v) is 2.74. The first-order chi connectivity index (χ1) is 3.83. The van der Waals surface area contributed by atoms with Crippen LogP contribution in [0.4, 0.5) is 0 Å². The molecule has 0 aromatic heterocycles. The predicted octanol–water partition coefficient (Wildman–Crippen LogP) is -0.457. The highest BCUT2D eigenvalue weighted by Gasteiger charge is 2.00. The number of hydrogen-bond acceptors (Lipinski definition) is 2. The third-order valence-electron chi connectivity index (χ3n) is 1.11. The highest BCUT2D eigenvalue weighted by Crippen LogP contribution is 2.00. The van der Waals surface area contributed by atoms with E-state index in [0.29, 0.717) is 0 Å². The van der Waals surface area contributed by atoms with Crippen LogP contribution in [0.25, 0.3) is 0 Å². The van der Waals surface area contributed by atoms with E-state index in [2.05, 4.69) is 25.1 Å². The molecule has 1 aliphatic rings. The Morgan fingerprint density at radius 2 is 2.50 bits per heavy atom. The smallest absolute Gasteiger partial charge is 0.109 e. The number of nitrogens with one attached hydrogen (secondary N) is 2. The third-order valence-corrected chi connectivity index (χ3v) is 1.11. The summed E-state index contributed by atoms with van der Waals surface area (Å²) in [5, 5.41) is 6.01. The second-order valence-electron chi connectivity index (χ2n) is 1.77. The standard InChI is InChI=1S/C5H9BN2/c1-4-7-3-5(2-6)8-4/h3,7-8H,1-2,6H2. The minimum atomic E-state index is 0.877. The van der Waals surface area contributed by atoms with Crippen molar-refractivity contribution in [2.75, 3.05) is 0 Å². The molecule has 2 N–H and O–H groups in total. The van der Waals surface area contributed by atoms with Crippen molar-refractivity contribution in [1.82, 2.24) is 10.6 Å². The summed E-state index contributed by atoms with van der Waals surface area (Å²) in [6.45, 7) is 3.68. The fraction of sp³-hybridized carbons (Fsp3) is 0.200. The molecule has 2 nitrogen and oxygen atoms in total. The van der Waals surface area contributed by atoms with Crippen molar-refractivity contribution in [1.29, 1.82) is 0 Å². The van der Waals surface area contributed by atoms with E-state index in [4.69, 9.17) is 0 Å². The van der Waals surface area contributed by atoms with Crippen LogP contribution < -0.4 is 10.6 Å². The summed E-state index contributed by atoms with van der Waals surface area (Å²) in [6.07, 6.45) is 2.97.